The third kappa shape index (κ3) is 19.3. The van der Waals surface area contributed by atoms with Crippen molar-refractivity contribution >= 4 is 71.1 Å². The van der Waals surface area contributed by atoms with Crippen LogP contribution in [-0.4, -0.2) is 171 Å². The monoisotopic (exact) mass is 1010 g/mol. The molecule has 0 radical (unpaired) electrons. The highest BCUT2D eigenvalue weighted by molar-refractivity contribution is 5.98. The highest BCUT2D eigenvalue weighted by Crippen LogP contribution is 2.23. The summed E-state index contributed by atoms with van der Waals surface area (Å²) >= 11 is 0. The van der Waals surface area contributed by atoms with Gasteiger partial charge in [0.15, 0.2) is 5.96 Å². The maximum Gasteiger partial charge on any atom is 0.326 e. The smallest absolute Gasteiger partial charge is 0.326 e. The maximum atomic E-state index is 14.6. The standard InChI is InChI=1S/C45H76N12O14/c1-7-24(5)35(41(66)55-36(25(6)8-2)40(65)53-34(23(3)4)44(70)71)54-39(64)30-14-11-21-57(30)42(67)27(15-17-31(58)51-28(43(68)69)16-18-33(60)61)52-38(63)29-13-10-20-56(29)32(59)22-50-37(62)26(46)12-9-19-49-45(47)48/h23-30,34-36H,7-22,46H2,1-6H3,(H,50,62)(H,51,58)(H,52,63)(H,53,65)(H,54,64)(H,55,66)(H,60,61)(H,68,69)(H,70,71)(H4,47,48,49)/t24-,25-,26-,27-,28-,29-,30-,34-,35-,36-/m0/s1. The highest BCUT2D eigenvalue weighted by atomic mass is 16.4. The minimum Gasteiger partial charge on any atom is -0.481 e. The van der Waals surface area contributed by atoms with Crippen molar-refractivity contribution in [1.82, 2.24) is 41.7 Å². The van der Waals surface area contributed by atoms with Gasteiger partial charge in [-0.05, 0) is 69.1 Å². The zero-order chi connectivity index (χ0) is 53.7. The molecule has 2 fully saturated rings. The number of nitrogens with zero attached hydrogens (tertiary/aromatic N) is 3. The van der Waals surface area contributed by atoms with Gasteiger partial charge >= 0.3 is 17.9 Å². The van der Waals surface area contributed by atoms with E-state index < -0.39 is 163 Å². The van der Waals surface area contributed by atoms with Crippen LogP contribution in [0.2, 0.25) is 0 Å². The fourth-order valence-corrected chi connectivity index (χ4v) is 8.13. The molecule has 2 saturated heterocycles. The predicted molar refractivity (Wildman–Crippen MR) is 255 cm³/mol. The first-order valence-corrected chi connectivity index (χ1v) is 24.2. The molecule has 15 N–H and O–H groups in total. The Hall–Kier alpha value is -6.60. The fourth-order valence-electron chi connectivity index (χ4n) is 8.13. The molecule has 0 aromatic heterocycles. The summed E-state index contributed by atoms with van der Waals surface area (Å²) in [5.74, 6) is -11.5. The number of carbonyl (C=O) groups excluding carboxylic acids is 8. The van der Waals surface area contributed by atoms with Crippen molar-refractivity contribution in [3.05, 3.63) is 0 Å². The molecule has 400 valence electrons. The van der Waals surface area contributed by atoms with Crippen LogP contribution in [0.4, 0.5) is 0 Å². The van der Waals surface area contributed by atoms with Crippen molar-refractivity contribution in [3.8, 4) is 0 Å². The molecule has 2 heterocycles. The van der Waals surface area contributed by atoms with Crippen LogP contribution in [0.1, 0.15) is 119 Å². The number of hydrogen-bond donors (Lipinski definition) is 12. The number of guanidine groups is 1. The molecule has 2 rings (SSSR count). The van der Waals surface area contributed by atoms with Gasteiger partial charge in [-0.25, -0.2) is 9.59 Å². The summed E-state index contributed by atoms with van der Waals surface area (Å²) in [5, 5.41) is 43.7. The first-order valence-electron chi connectivity index (χ1n) is 24.2. The van der Waals surface area contributed by atoms with E-state index in [2.05, 4.69) is 36.9 Å². The summed E-state index contributed by atoms with van der Waals surface area (Å²) in [6, 6.07) is -10.0. The van der Waals surface area contributed by atoms with Crippen molar-refractivity contribution in [3.63, 3.8) is 0 Å². The second kappa shape index (κ2) is 29.6. The number of hydrogen-bond acceptors (Lipinski definition) is 13. The minimum absolute atomic E-state index is 0.00692. The van der Waals surface area contributed by atoms with Crippen molar-refractivity contribution < 1.29 is 68.1 Å². The lowest BCUT2D eigenvalue weighted by Crippen LogP contribution is -2.61. The molecule has 0 saturated carbocycles. The van der Waals surface area contributed by atoms with Gasteiger partial charge in [0.05, 0.1) is 12.6 Å². The molecule has 71 heavy (non-hydrogen) atoms. The van der Waals surface area contributed by atoms with Gasteiger partial charge in [-0.1, -0.05) is 54.4 Å². The van der Waals surface area contributed by atoms with Gasteiger partial charge in [0.25, 0.3) is 0 Å². The molecule has 0 aromatic carbocycles. The van der Waals surface area contributed by atoms with Gasteiger partial charge < -0.3 is 74.2 Å². The second-order valence-electron chi connectivity index (χ2n) is 18.5. The zero-order valence-corrected chi connectivity index (χ0v) is 41.6. The van der Waals surface area contributed by atoms with E-state index in [0.29, 0.717) is 32.1 Å². The number of carbonyl (C=O) groups is 11. The number of aliphatic carboxylic acids is 3. The zero-order valence-electron chi connectivity index (χ0n) is 41.6. The summed E-state index contributed by atoms with van der Waals surface area (Å²) in [6.45, 7) is 10.1. The molecular weight excluding hydrogens is 933 g/mol. The van der Waals surface area contributed by atoms with Gasteiger partial charge in [-0.15, -0.1) is 0 Å². The number of carboxylic acid groups (broad SMARTS) is 3. The number of likely N-dealkylation sites (tertiary alicyclic amines) is 2. The molecule has 2 aliphatic rings. The van der Waals surface area contributed by atoms with Crippen LogP contribution >= 0.6 is 0 Å². The maximum absolute atomic E-state index is 14.6. The molecular formula is C45H76N12O14. The molecule has 0 aliphatic carbocycles. The average molecular weight is 1010 g/mol. The lowest BCUT2D eigenvalue weighted by molar-refractivity contribution is -0.145. The van der Waals surface area contributed by atoms with E-state index in [1.165, 1.54) is 9.80 Å². The molecule has 0 unspecified atom stereocenters. The molecule has 0 aromatic rings. The van der Waals surface area contributed by atoms with E-state index >= 15 is 0 Å². The number of carboxylic acids is 3. The summed E-state index contributed by atoms with van der Waals surface area (Å²) in [7, 11) is 0. The average Bonchev–Trinajstić information content (AvgIpc) is 4.02. The molecule has 10 atom stereocenters. The third-order valence-electron chi connectivity index (χ3n) is 12.8. The van der Waals surface area contributed by atoms with Crippen molar-refractivity contribution in [2.24, 2.45) is 39.9 Å². The molecule has 0 spiro atoms. The Morgan fingerprint density at radius 3 is 1.68 bits per heavy atom. The summed E-state index contributed by atoms with van der Waals surface area (Å²) < 4.78 is 0. The Bertz CT molecular complexity index is 1950. The van der Waals surface area contributed by atoms with Gasteiger partial charge in [-0.3, -0.25) is 48.1 Å². The van der Waals surface area contributed by atoms with Crippen LogP contribution in [0, 0.1) is 17.8 Å². The Morgan fingerprint density at radius 1 is 0.634 bits per heavy atom. The predicted octanol–water partition coefficient (Wildman–Crippen LogP) is -2.55. The molecule has 0 bridgehead atoms. The number of aliphatic imine (C=N–C) groups is 1. The number of rotatable bonds is 30. The van der Waals surface area contributed by atoms with Crippen LogP contribution in [-0.2, 0) is 52.7 Å². The number of nitrogens with two attached hydrogens (primary N) is 3. The van der Waals surface area contributed by atoms with Gasteiger partial charge in [0, 0.05) is 32.5 Å². The van der Waals surface area contributed by atoms with E-state index in [1.807, 2.05) is 0 Å². The Labute approximate surface area is 413 Å². The normalized spacial score (nSPS) is 18.8. The van der Waals surface area contributed by atoms with E-state index in [0.717, 1.165) is 0 Å². The first kappa shape index (κ1) is 60.5. The van der Waals surface area contributed by atoms with Crippen LogP contribution in [0.3, 0.4) is 0 Å². The van der Waals surface area contributed by atoms with Gasteiger partial charge in [-0.2, -0.15) is 0 Å². The lowest BCUT2D eigenvalue weighted by Gasteiger charge is -2.33. The van der Waals surface area contributed by atoms with Crippen molar-refractivity contribution in [2.45, 2.75) is 167 Å². The fraction of sp³-hybridized carbons (Fsp3) is 0.733. The number of amides is 8. The summed E-state index contributed by atoms with van der Waals surface area (Å²) in [4.78, 5) is 151. The van der Waals surface area contributed by atoms with Gasteiger partial charge in [0.1, 0.15) is 42.3 Å². The summed E-state index contributed by atoms with van der Waals surface area (Å²) in [5.41, 5.74) is 16.6. The minimum atomic E-state index is -1.58. The molecule has 26 heteroatoms. The molecule has 2 aliphatic heterocycles. The number of nitrogens with one attached hydrogen (secondary N) is 6. The summed E-state index contributed by atoms with van der Waals surface area (Å²) in [6.07, 6.45) is 0.383. The van der Waals surface area contributed by atoms with Crippen LogP contribution in [0.5, 0.6) is 0 Å². The Balaban J connectivity index is 2.38. The first-order chi connectivity index (χ1) is 33.3. The second-order valence-corrected chi connectivity index (χ2v) is 18.5. The largest absolute Gasteiger partial charge is 0.481 e. The van der Waals surface area contributed by atoms with E-state index in [4.69, 9.17) is 22.3 Å². The Morgan fingerprint density at radius 2 is 1.15 bits per heavy atom. The molecule has 8 amide bonds. The van der Waals surface area contributed by atoms with E-state index in [-0.39, 0.29) is 44.9 Å². The van der Waals surface area contributed by atoms with E-state index in [9.17, 15) is 63.0 Å². The van der Waals surface area contributed by atoms with E-state index in [1.54, 1.807) is 41.5 Å². The van der Waals surface area contributed by atoms with Crippen LogP contribution in [0.15, 0.2) is 4.99 Å². The highest BCUT2D eigenvalue weighted by Gasteiger charge is 2.42. The Kier molecular flexibility index (Phi) is 25.2. The molecule has 26 nitrogen and oxygen atoms in total. The third-order valence-corrected chi connectivity index (χ3v) is 12.8. The van der Waals surface area contributed by atoms with Crippen LogP contribution in [0.25, 0.3) is 0 Å². The van der Waals surface area contributed by atoms with Crippen LogP contribution < -0.4 is 49.1 Å². The lowest BCUT2D eigenvalue weighted by atomic mass is 9.94. The van der Waals surface area contributed by atoms with Gasteiger partial charge in [0.2, 0.25) is 47.3 Å². The topological polar surface area (TPSA) is 418 Å². The SMILES string of the molecule is CC[C@H](C)[C@H](NC(=O)[C@@H](NC(=O)[C@@H]1CCCN1C(=O)[C@H](CCC(=O)N[C@@H](CCC(=O)O)C(=O)O)NC(=O)[C@@H]1CCCN1C(=O)CNC(=O)[C@@H](N)CCCN=C(N)N)[C@@H](C)CC)C(=O)N[C@H](C(=O)O)C(C)C. The van der Waals surface area contributed by atoms with Crippen molar-refractivity contribution in [1.29, 1.82) is 0 Å². The van der Waals surface area contributed by atoms with Crippen molar-refractivity contribution in [2.75, 3.05) is 26.2 Å². The quantitative estimate of drug-likeness (QED) is 0.0200.